The van der Waals surface area contributed by atoms with Crippen molar-refractivity contribution in [3.63, 3.8) is 0 Å². The van der Waals surface area contributed by atoms with Gasteiger partial charge >= 0.3 is 0 Å². The molecule has 0 fully saturated rings. The number of hydrogen-bond donors (Lipinski definition) is 1. The van der Waals surface area contributed by atoms with E-state index in [0.717, 1.165) is 16.9 Å². The van der Waals surface area contributed by atoms with E-state index >= 15 is 0 Å². The fraction of sp³-hybridized carbons (Fsp3) is 0.391. The van der Waals surface area contributed by atoms with Gasteiger partial charge in [-0.3, -0.25) is 9.59 Å². The molecule has 0 aliphatic carbocycles. The topological polar surface area (TPSA) is 49.4 Å². The Balaban J connectivity index is 2.14. The zero-order valence-electron chi connectivity index (χ0n) is 17.7. The van der Waals surface area contributed by atoms with Gasteiger partial charge in [-0.2, -0.15) is 0 Å². The van der Waals surface area contributed by atoms with Gasteiger partial charge in [0.15, 0.2) is 0 Å². The van der Waals surface area contributed by atoms with E-state index in [9.17, 15) is 9.59 Å². The summed E-state index contributed by atoms with van der Waals surface area (Å²) < 4.78 is 0. The van der Waals surface area contributed by atoms with E-state index in [2.05, 4.69) is 5.32 Å². The van der Waals surface area contributed by atoms with Gasteiger partial charge in [0, 0.05) is 45.2 Å². The van der Waals surface area contributed by atoms with E-state index in [1.165, 1.54) is 0 Å². The summed E-state index contributed by atoms with van der Waals surface area (Å²) >= 11 is 19.9. The molecule has 0 aliphatic rings. The maximum Gasteiger partial charge on any atom is 0.242 e. The van der Waals surface area contributed by atoms with E-state index in [-0.39, 0.29) is 18.4 Å². The van der Waals surface area contributed by atoms with Gasteiger partial charge in [0.1, 0.15) is 6.04 Å². The lowest BCUT2D eigenvalue weighted by Crippen LogP contribution is -2.49. The average molecular weight is 502 g/mol. The number of nitrogens with zero attached hydrogens (tertiary/aromatic N) is 1. The fourth-order valence-corrected chi connectivity index (χ4v) is 4.48. The number of nitrogens with one attached hydrogen (secondary N) is 1. The van der Waals surface area contributed by atoms with Gasteiger partial charge in [-0.1, -0.05) is 54.7 Å². The molecule has 1 atom stereocenters. The van der Waals surface area contributed by atoms with E-state index in [1.807, 2.05) is 38.1 Å². The van der Waals surface area contributed by atoms with Gasteiger partial charge in [0.25, 0.3) is 0 Å². The van der Waals surface area contributed by atoms with Gasteiger partial charge in [0.2, 0.25) is 11.8 Å². The summed E-state index contributed by atoms with van der Waals surface area (Å²) in [5.74, 6) is 0.359. The van der Waals surface area contributed by atoms with Crippen molar-refractivity contribution in [1.82, 2.24) is 10.2 Å². The third-order valence-electron chi connectivity index (χ3n) is 4.69. The molecule has 8 heteroatoms. The number of carbonyl (C=O) groups is 2. The highest BCUT2D eigenvalue weighted by Crippen LogP contribution is 2.25. The molecule has 31 heavy (non-hydrogen) atoms. The molecule has 168 valence electrons. The molecule has 2 aromatic rings. The van der Waals surface area contributed by atoms with Gasteiger partial charge in [-0.15, -0.1) is 11.8 Å². The minimum atomic E-state index is -0.564. The molecule has 2 amide bonds. The number of thioether (sulfide) groups is 1. The number of halogens is 3. The maximum atomic E-state index is 13.2. The Hall–Kier alpha value is -1.40. The third-order valence-corrected chi connectivity index (χ3v) is 6.54. The molecule has 0 aliphatic heterocycles. The van der Waals surface area contributed by atoms with Crippen molar-refractivity contribution in [2.24, 2.45) is 0 Å². The van der Waals surface area contributed by atoms with Gasteiger partial charge in [-0.05, 0) is 54.8 Å². The maximum absolute atomic E-state index is 13.2. The first kappa shape index (κ1) is 25.9. The van der Waals surface area contributed by atoms with E-state index in [1.54, 1.807) is 34.9 Å². The van der Waals surface area contributed by atoms with Crippen LogP contribution in [-0.4, -0.2) is 35.1 Å². The number of rotatable bonds is 11. The summed E-state index contributed by atoms with van der Waals surface area (Å²) in [7, 11) is 0. The van der Waals surface area contributed by atoms with Crippen LogP contribution in [0.2, 0.25) is 15.1 Å². The Morgan fingerprint density at radius 3 is 2.32 bits per heavy atom. The molecule has 4 nitrogen and oxygen atoms in total. The lowest BCUT2D eigenvalue weighted by molar-refractivity contribution is -0.141. The van der Waals surface area contributed by atoms with Crippen molar-refractivity contribution in [3.8, 4) is 0 Å². The molecule has 0 radical (unpaired) electrons. The van der Waals surface area contributed by atoms with Crippen LogP contribution in [0.15, 0.2) is 47.4 Å². The highest BCUT2D eigenvalue weighted by molar-refractivity contribution is 7.99. The summed E-state index contributed by atoms with van der Waals surface area (Å²) in [5, 5.41) is 4.59. The van der Waals surface area contributed by atoms with Crippen molar-refractivity contribution < 1.29 is 9.59 Å². The molecule has 0 saturated carbocycles. The molecule has 2 rings (SSSR count). The molecule has 1 N–H and O–H groups in total. The van der Waals surface area contributed by atoms with Crippen molar-refractivity contribution >= 4 is 58.4 Å². The van der Waals surface area contributed by atoms with Crippen molar-refractivity contribution in [1.29, 1.82) is 0 Å². The highest BCUT2D eigenvalue weighted by Gasteiger charge is 2.28. The van der Waals surface area contributed by atoms with Crippen LogP contribution >= 0.6 is 46.6 Å². The van der Waals surface area contributed by atoms with Gasteiger partial charge < -0.3 is 10.2 Å². The molecular weight excluding hydrogens is 475 g/mol. The molecular formula is C23H27Cl3N2O2S. The zero-order chi connectivity index (χ0) is 22.8. The standard InChI is InChI=1S/C23H27Cl3N2O2S/c1-3-12-27-23(30)21(4-2)28(15-16-5-6-18(25)14-20(16)26)22(29)11-13-31-19-9-7-17(24)8-10-19/h5-10,14,21H,3-4,11-13,15H2,1-2H3,(H,27,30)/t21-/m1/s1. The predicted octanol–water partition coefficient (Wildman–Crippen LogP) is 6.46. The summed E-state index contributed by atoms with van der Waals surface area (Å²) in [4.78, 5) is 28.6. The smallest absolute Gasteiger partial charge is 0.242 e. The molecule has 0 bridgehead atoms. The zero-order valence-corrected chi connectivity index (χ0v) is 20.8. The minimum absolute atomic E-state index is 0.0917. The second-order valence-electron chi connectivity index (χ2n) is 7.02. The summed E-state index contributed by atoms with van der Waals surface area (Å²) in [6.45, 7) is 4.72. The monoisotopic (exact) mass is 500 g/mol. The van der Waals surface area contributed by atoms with Crippen LogP contribution in [0.4, 0.5) is 0 Å². The first-order valence-corrected chi connectivity index (χ1v) is 12.4. The number of carbonyl (C=O) groups excluding carboxylic acids is 2. The van der Waals surface area contributed by atoms with Crippen LogP contribution in [0.1, 0.15) is 38.7 Å². The van der Waals surface area contributed by atoms with Crippen molar-refractivity contribution in [2.45, 2.75) is 50.6 Å². The van der Waals surface area contributed by atoms with E-state index in [0.29, 0.717) is 40.2 Å². The lowest BCUT2D eigenvalue weighted by Gasteiger charge is -2.31. The Morgan fingerprint density at radius 2 is 1.71 bits per heavy atom. The molecule has 2 aromatic carbocycles. The Labute approximate surface area is 203 Å². The molecule has 0 saturated heterocycles. The number of hydrogen-bond acceptors (Lipinski definition) is 3. The second-order valence-corrected chi connectivity index (χ2v) is 9.47. The molecule has 0 heterocycles. The molecule has 0 spiro atoms. The lowest BCUT2D eigenvalue weighted by atomic mass is 10.1. The van der Waals surface area contributed by atoms with Crippen LogP contribution < -0.4 is 5.32 Å². The van der Waals surface area contributed by atoms with Crippen LogP contribution in [0, 0.1) is 0 Å². The second kappa shape index (κ2) is 13.2. The quantitative estimate of drug-likeness (QED) is 0.359. The third kappa shape index (κ3) is 8.23. The SMILES string of the molecule is CCCNC(=O)[C@@H](CC)N(Cc1ccc(Cl)cc1Cl)C(=O)CCSc1ccc(Cl)cc1. The Morgan fingerprint density at radius 1 is 1.03 bits per heavy atom. The Kier molecular flexibility index (Phi) is 11.0. The highest BCUT2D eigenvalue weighted by atomic mass is 35.5. The minimum Gasteiger partial charge on any atom is -0.354 e. The van der Waals surface area contributed by atoms with E-state index in [4.69, 9.17) is 34.8 Å². The van der Waals surface area contributed by atoms with Crippen LogP contribution in [0.5, 0.6) is 0 Å². The van der Waals surface area contributed by atoms with Crippen molar-refractivity contribution in [3.05, 3.63) is 63.1 Å². The normalized spacial score (nSPS) is 11.8. The summed E-state index contributed by atoms with van der Waals surface area (Å²) in [6.07, 6.45) is 1.64. The number of benzene rings is 2. The predicted molar refractivity (Wildman–Crippen MR) is 131 cm³/mol. The first-order valence-electron chi connectivity index (χ1n) is 10.2. The molecule has 0 unspecified atom stereocenters. The van der Waals surface area contributed by atoms with E-state index < -0.39 is 6.04 Å². The van der Waals surface area contributed by atoms with Crippen LogP contribution in [0.25, 0.3) is 0 Å². The Bertz CT molecular complexity index is 878. The largest absolute Gasteiger partial charge is 0.354 e. The van der Waals surface area contributed by atoms with Crippen molar-refractivity contribution in [2.75, 3.05) is 12.3 Å². The number of amides is 2. The molecule has 0 aromatic heterocycles. The fourth-order valence-electron chi connectivity index (χ4n) is 3.05. The first-order chi connectivity index (χ1) is 14.8. The van der Waals surface area contributed by atoms with Gasteiger partial charge in [0.05, 0.1) is 0 Å². The van der Waals surface area contributed by atoms with Crippen LogP contribution in [0.3, 0.4) is 0 Å². The average Bonchev–Trinajstić information content (AvgIpc) is 2.74. The summed E-state index contributed by atoms with van der Waals surface area (Å²) in [5.41, 5.74) is 0.756. The van der Waals surface area contributed by atoms with Gasteiger partial charge in [-0.25, -0.2) is 0 Å². The van der Waals surface area contributed by atoms with Crippen LogP contribution in [-0.2, 0) is 16.1 Å². The summed E-state index contributed by atoms with van der Waals surface area (Å²) in [6, 6.07) is 12.1.